The van der Waals surface area contributed by atoms with Gasteiger partial charge in [0.2, 0.25) is 0 Å². The molecule has 2 aromatic carbocycles. The zero-order chi connectivity index (χ0) is 14.3. The van der Waals surface area contributed by atoms with Crippen LogP contribution in [-0.4, -0.2) is 9.55 Å². The molecule has 0 unspecified atom stereocenters. The summed E-state index contributed by atoms with van der Waals surface area (Å²) in [5.41, 5.74) is 12.8. The van der Waals surface area contributed by atoms with Gasteiger partial charge >= 0.3 is 0 Å². The number of hydrogen-bond donors (Lipinski definition) is 1. The number of fused-ring (bicyclic) bond motifs is 1. The van der Waals surface area contributed by atoms with Gasteiger partial charge in [-0.05, 0) is 42.7 Å². The quantitative estimate of drug-likeness (QED) is 0.772. The highest BCUT2D eigenvalue weighted by Crippen LogP contribution is 2.26. The molecule has 0 radical (unpaired) electrons. The van der Waals surface area contributed by atoms with Crippen LogP contribution in [0.15, 0.2) is 36.4 Å². The van der Waals surface area contributed by atoms with Crippen LogP contribution in [0.3, 0.4) is 0 Å². The summed E-state index contributed by atoms with van der Waals surface area (Å²) in [4.78, 5) is 4.81. The summed E-state index contributed by atoms with van der Waals surface area (Å²) < 4.78 is 2.14. The van der Waals surface area contributed by atoms with Crippen LogP contribution in [0.5, 0.6) is 0 Å². The minimum absolute atomic E-state index is 0.515. The molecule has 3 heteroatoms. The Morgan fingerprint density at radius 2 is 1.90 bits per heavy atom. The van der Waals surface area contributed by atoms with Crippen LogP contribution in [0.1, 0.15) is 16.7 Å². The molecule has 1 heterocycles. The largest absolute Gasteiger partial charge is 0.327 e. The number of rotatable bonds is 2. The van der Waals surface area contributed by atoms with Crippen molar-refractivity contribution in [2.75, 3.05) is 0 Å². The second-order valence-corrected chi connectivity index (χ2v) is 5.28. The Morgan fingerprint density at radius 3 is 2.60 bits per heavy atom. The molecule has 0 aliphatic heterocycles. The van der Waals surface area contributed by atoms with E-state index in [1.807, 2.05) is 12.1 Å². The summed E-state index contributed by atoms with van der Waals surface area (Å²) in [5, 5.41) is 0. The van der Waals surface area contributed by atoms with Crippen LogP contribution in [-0.2, 0) is 13.6 Å². The van der Waals surface area contributed by atoms with Crippen LogP contribution in [0.25, 0.3) is 22.4 Å². The summed E-state index contributed by atoms with van der Waals surface area (Å²) in [7, 11) is 2.06. The van der Waals surface area contributed by atoms with Crippen molar-refractivity contribution in [1.82, 2.24) is 9.55 Å². The number of hydrogen-bond acceptors (Lipinski definition) is 2. The van der Waals surface area contributed by atoms with E-state index < -0.39 is 0 Å². The molecule has 0 aliphatic carbocycles. The maximum Gasteiger partial charge on any atom is 0.140 e. The first-order valence-electron chi connectivity index (χ1n) is 6.84. The third kappa shape index (κ3) is 1.91. The van der Waals surface area contributed by atoms with Gasteiger partial charge in [0.1, 0.15) is 5.82 Å². The fourth-order valence-corrected chi connectivity index (χ4v) is 2.58. The Balaban J connectivity index is 2.26. The molecular weight excluding hydrogens is 246 g/mol. The molecule has 102 valence electrons. The molecule has 0 bridgehead atoms. The van der Waals surface area contributed by atoms with Crippen molar-refractivity contribution >= 4 is 11.0 Å². The SMILES string of the molecule is Cc1ccc(-c2nc3c(CN)cccc3n2C)cc1C. The van der Waals surface area contributed by atoms with E-state index in [9.17, 15) is 0 Å². The molecule has 0 saturated heterocycles. The number of para-hydroxylation sites is 1. The minimum atomic E-state index is 0.515. The maximum absolute atomic E-state index is 5.81. The van der Waals surface area contributed by atoms with Gasteiger partial charge in [-0.1, -0.05) is 24.3 Å². The zero-order valence-electron chi connectivity index (χ0n) is 12.1. The van der Waals surface area contributed by atoms with Crippen molar-refractivity contribution in [3.05, 3.63) is 53.1 Å². The number of nitrogens with zero attached hydrogens (tertiary/aromatic N) is 2. The standard InChI is InChI=1S/C17H19N3/c1-11-7-8-13(9-12(11)2)17-19-16-14(10-18)5-4-6-15(16)20(17)3/h4-9H,10,18H2,1-3H3. The maximum atomic E-state index is 5.81. The summed E-state index contributed by atoms with van der Waals surface area (Å²) in [6, 6.07) is 12.6. The molecule has 3 rings (SSSR count). The van der Waals surface area contributed by atoms with E-state index in [0.717, 1.165) is 28.0 Å². The summed E-state index contributed by atoms with van der Waals surface area (Å²) in [6.07, 6.45) is 0. The molecule has 3 aromatic rings. The summed E-state index contributed by atoms with van der Waals surface area (Å²) >= 11 is 0. The van der Waals surface area contributed by atoms with Crippen molar-refractivity contribution < 1.29 is 0 Å². The first-order valence-corrected chi connectivity index (χ1v) is 6.84. The fourth-order valence-electron chi connectivity index (χ4n) is 2.58. The lowest BCUT2D eigenvalue weighted by molar-refractivity contribution is 0.959. The minimum Gasteiger partial charge on any atom is -0.327 e. The van der Waals surface area contributed by atoms with Crippen LogP contribution >= 0.6 is 0 Å². The monoisotopic (exact) mass is 265 g/mol. The predicted octanol–water partition coefficient (Wildman–Crippen LogP) is 3.32. The van der Waals surface area contributed by atoms with Crippen LogP contribution in [0.2, 0.25) is 0 Å². The van der Waals surface area contributed by atoms with Crippen LogP contribution in [0.4, 0.5) is 0 Å². The zero-order valence-corrected chi connectivity index (χ0v) is 12.1. The Labute approximate surface area is 119 Å². The number of imidazole rings is 1. The third-order valence-electron chi connectivity index (χ3n) is 3.98. The van der Waals surface area contributed by atoms with Crippen molar-refractivity contribution in [2.45, 2.75) is 20.4 Å². The highest BCUT2D eigenvalue weighted by atomic mass is 15.1. The van der Waals surface area contributed by atoms with E-state index in [4.69, 9.17) is 10.7 Å². The van der Waals surface area contributed by atoms with Gasteiger partial charge < -0.3 is 10.3 Å². The molecule has 0 fully saturated rings. The van der Waals surface area contributed by atoms with Crippen LogP contribution in [0, 0.1) is 13.8 Å². The van der Waals surface area contributed by atoms with E-state index in [0.29, 0.717) is 6.54 Å². The van der Waals surface area contributed by atoms with Gasteiger partial charge in [-0.15, -0.1) is 0 Å². The van der Waals surface area contributed by atoms with Crippen molar-refractivity contribution in [1.29, 1.82) is 0 Å². The van der Waals surface area contributed by atoms with E-state index in [1.165, 1.54) is 11.1 Å². The van der Waals surface area contributed by atoms with Crippen molar-refractivity contribution in [2.24, 2.45) is 12.8 Å². The average Bonchev–Trinajstić information content (AvgIpc) is 2.79. The van der Waals surface area contributed by atoms with Crippen molar-refractivity contribution in [3.8, 4) is 11.4 Å². The van der Waals surface area contributed by atoms with Gasteiger partial charge in [0.25, 0.3) is 0 Å². The smallest absolute Gasteiger partial charge is 0.140 e. The number of aryl methyl sites for hydroxylation is 3. The average molecular weight is 265 g/mol. The normalized spacial score (nSPS) is 11.2. The van der Waals surface area contributed by atoms with Gasteiger partial charge in [0.05, 0.1) is 11.0 Å². The molecular formula is C17H19N3. The lowest BCUT2D eigenvalue weighted by Gasteiger charge is -2.05. The topological polar surface area (TPSA) is 43.8 Å². The van der Waals surface area contributed by atoms with Gasteiger partial charge in [0.15, 0.2) is 0 Å². The molecule has 0 spiro atoms. The third-order valence-corrected chi connectivity index (χ3v) is 3.98. The Kier molecular flexibility index (Phi) is 3.07. The second kappa shape index (κ2) is 4.76. The van der Waals surface area contributed by atoms with Crippen molar-refractivity contribution in [3.63, 3.8) is 0 Å². The molecule has 0 aliphatic rings. The summed E-state index contributed by atoms with van der Waals surface area (Å²) in [6.45, 7) is 4.77. The number of benzene rings is 2. The van der Waals surface area contributed by atoms with E-state index >= 15 is 0 Å². The molecule has 20 heavy (non-hydrogen) atoms. The first-order chi connectivity index (χ1) is 9.61. The van der Waals surface area contributed by atoms with E-state index in [-0.39, 0.29) is 0 Å². The second-order valence-electron chi connectivity index (χ2n) is 5.28. The lowest BCUT2D eigenvalue weighted by atomic mass is 10.1. The fraction of sp³-hybridized carbons (Fsp3) is 0.235. The van der Waals surface area contributed by atoms with E-state index in [1.54, 1.807) is 0 Å². The van der Waals surface area contributed by atoms with Gasteiger partial charge in [-0.25, -0.2) is 4.98 Å². The van der Waals surface area contributed by atoms with Gasteiger partial charge in [-0.2, -0.15) is 0 Å². The number of nitrogens with two attached hydrogens (primary N) is 1. The molecule has 2 N–H and O–H groups in total. The highest BCUT2D eigenvalue weighted by Gasteiger charge is 2.12. The Hall–Kier alpha value is -2.13. The molecule has 0 amide bonds. The highest BCUT2D eigenvalue weighted by molar-refractivity contribution is 5.83. The van der Waals surface area contributed by atoms with Gasteiger partial charge in [-0.3, -0.25) is 0 Å². The summed E-state index contributed by atoms with van der Waals surface area (Å²) in [5.74, 6) is 0.990. The molecule has 3 nitrogen and oxygen atoms in total. The van der Waals surface area contributed by atoms with Crippen LogP contribution < -0.4 is 5.73 Å². The number of aromatic nitrogens is 2. The molecule has 0 saturated carbocycles. The first kappa shape index (κ1) is 12.9. The lowest BCUT2D eigenvalue weighted by Crippen LogP contribution is -1.97. The Morgan fingerprint density at radius 1 is 1.10 bits per heavy atom. The van der Waals surface area contributed by atoms with Gasteiger partial charge in [0, 0.05) is 19.2 Å². The Bertz CT molecular complexity index is 784. The predicted molar refractivity (Wildman–Crippen MR) is 83.5 cm³/mol. The van der Waals surface area contributed by atoms with E-state index in [2.05, 4.69) is 49.7 Å². The molecule has 0 atom stereocenters. The molecule has 1 aromatic heterocycles.